The van der Waals surface area contributed by atoms with Gasteiger partial charge in [-0.1, -0.05) is 41.4 Å². The van der Waals surface area contributed by atoms with Crippen LogP contribution in [0.5, 0.6) is 0 Å². The number of rotatable bonds is 6. The molecule has 0 radical (unpaired) electrons. The predicted octanol–water partition coefficient (Wildman–Crippen LogP) is 4.69. The van der Waals surface area contributed by atoms with Crippen LogP contribution in [-0.4, -0.2) is 17.6 Å². The standard InChI is InChI=1S/C15H18BrClN2O/c1-10(2)18-7-3-4-15-19-9-14(20-15)12-8-11(16)5-6-13(12)17/h5-6,8-10,18H,3-4,7H2,1-2H3. The Labute approximate surface area is 132 Å². The zero-order valence-electron chi connectivity index (χ0n) is 11.6. The van der Waals surface area contributed by atoms with E-state index in [1.54, 1.807) is 6.20 Å². The highest BCUT2D eigenvalue weighted by molar-refractivity contribution is 9.10. The van der Waals surface area contributed by atoms with Crippen molar-refractivity contribution in [3.05, 3.63) is 39.8 Å². The van der Waals surface area contributed by atoms with Gasteiger partial charge in [0.25, 0.3) is 0 Å². The highest BCUT2D eigenvalue weighted by Gasteiger charge is 2.10. The highest BCUT2D eigenvalue weighted by atomic mass is 79.9. The molecule has 0 fully saturated rings. The lowest BCUT2D eigenvalue weighted by atomic mass is 10.2. The summed E-state index contributed by atoms with van der Waals surface area (Å²) in [6, 6.07) is 6.19. The summed E-state index contributed by atoms with van der Waals surface area (Å²) in [6.07, 6.45) is 3.56. The number of nitrogens with one attached hydrogen (secondary N) is 1. The molecule has 2 aromatic rings. The number of nitrogens with zero attached hydrogens (tertiary/aromatic N) is 1. The zero-order valence-corrected chi connectivity index (χ0v) is 14.0. The van der Waals surface area contributed by atoms with Crippen molar-refractivity contribution < 1.29 is 4.42 Å². The van der Waals surface area contributed by atoms with Crippen molar-refractivity contribution >= 4 is 27.5 Å². The van der Waals surface area contributed by atoms with E-state index in [1.165, 1.54) is 0 Å². The van der Waals surface area contributed by atoms with Gasteiger partial charge in [0, 0.05) is 22.5 Å². The van der Waals surface area contributed by atoms with Crippen molar-refractivity contribution in [1.29, 1.82) is 0 Å². The van der Waals surface area contributed by atoms with E-state index in [9.17, 15) is 0 Å². The van der Waals surface area contributed by atoms with Crippen LogP contribution >= 0.6 is 27.5 Å². The summed E-state index contributed by atoms with van der Waals surface area (Å²) in [6.45, 7) is 5.24. The number of benzene rings is 1. The number of halogens is 2. The topological polar surface area (TPSA) is 38.1 Å². The molecule has 0 spiro atoms. The van der Waals surface area contributed by atoms with Gasteiger partial charge in [-0.05, 0) is 31.2 Å². The molecule has 0 saturated carbocycles. The van der Waals surface area contributed by atoms with E-state index in [2.05, 4.69) is 40.1 Å². The van der Waals surface area contributed by atoms with Gasteiger partial charge >= 0.3 is 0 Å². The maximum absolute atomic E-state index is 6.18. The Morgan fingerprint density at radius 2 is 2.20 bits per heavy atom. The van der Waals surface area contributed by atoms with Gasteiger partial charge in [-0.15, -0.1) is 0 Å². The molecule has 0 unspecified atom stereocenters. The van der Waals surface area contributed by atoms with Gasteiger partial charge in [-0.25, -0.2) is 4.98 Å². The van der Waals surface area contributed by atoms with Crippen LogP contribution in [0, 0.1) is 0 Å². The number of aryl methyl sites for hydroxylation is 1. The Hall–Kier alpha value is -0.840. The minimum atomic E-state index is 0.510. The fraction of sp³-hybridized carbons (Fsp3) is 0.400. The van der Waals surface area contributed by atoms with Crippen molar-refractivity contribution in [1.82, 2.24) is 10.3 Å². The first kappa shape index (κ1) is 15.5. The predicted molar refractivity (Wildman–Crippen MR) is 86.1 cm³/mol. The minimum absolute atomic E-state index is 0.510. The maximum Gasteiger partial charge on any atom is 0.194 e. The Balaban J connectivity index is 2.00. The molecule has 0 aliphatic rings. The average molecular weight is 358 g/mol. The molecular formula is C15H18BrClN2O. The molecular weight excluding hydrogens is 340 g/mol. The Morgan fingerprint density at radius 3 is 2.95 bits per heavy atom. The molecule has 0 amide bonds. The van der Waals surface area contributed by atoms with Gasteiger partial charge in [0.2, 0.25) is 0 Å². The normalized spacial score (nSPS) is 11.2. The Bertz CT molecular complexity index is 569. The molecule has 1 aromatic carbocycles. The first-order chi connectivity index (χ1) is 9.56. The van der Waals surface area contributed by atoms with Gasteiger partial charge in [-0.2, -0.15) is 0 Å². The van der Waals surface area contributed by atoms with Crippen molar-refractivity contribution in [3.8, 4) is 11.3 Å². The minimum Gasteiger partial charge on any atom is -0.441 e. The molecule has 1 heterocycles. The van der Waals surface area contributed by atoms with E-state index in [4.69, 9.17) is 16.0 Å². The summed E-state index contributed by atoms with van der Waals surface area (Å²) in [4.78, 5) is 4.31. The molecule has 0 aliphatic heterocycles. The number of aromatic nitrogens is 1. The lowest BCUT2D eigenvalue weighted by Gasteiger charge is -2.06. The molecule has 0 aliphatic carbocycles. The molecule has 2 rings (SSSR count). The third-order valence-electron chi connectivity index (χ3n) is 2.87. The fourth-order valence-corrected chi connectivity index (χ4v) is 2.44. The SMILES string of the molecule is CC(C)NCCCc1ncc(-c2cc(Br)ccc2Cl)o1. The summed E-state index contributed by atoms with van der Waals surface area (Å²) in [5, 5.41) is 4.04. The Kier molecular flexibility index (Phi) is 5.64. The molecule has 3 nitrogen and oxygen atoms in total. The van der Waals surface area contributed by atoms with Gasteiger partial charge in [0.05, 0.1) is 11.2 Å². The monoisotopic (exact) mass is 356 g/mol. The smallest absolute Gasteiger partial charge is 0.194 e. The van der Waals surface area contributed by atoms with Crippen LogP contribution in [0.2, 0.25) is 5.02 Å². The quantitative estimate of drug-likeness (QED) is 0.762. The summed E-state index contributed by atoms with van der Waals surface area (Å²) in [5.41, 5.74) is 0.861. The molecule has 5 heteroatoms. The van der Waals surface area contributed by atoms with E-state index in [-0.39, 0.29) is 0 Å². The molecule has 0 atom stereocenters. The van der Waals surface area contributed by atoms with E-state index >= 15 is 0 Å². The zero-order chi connectivity index (χ0) is 14.5. The van der Waals surface area contributed by atoms with Gasteiger partial charge in [0.1, 0.15) is 0 Å². The van der Waals surface area contributed by atoms with E-state index in [0.717, 1.165) is 35.3 Å². The summed E-state index contributed by atoms with van der Waals surface area (Å²) in [7, 11) is 0. The third-order valence-corrected chi connectivity index (χ3v) is 3.69. The number of hydrogen-bond acceptors (Lipinski definition) is 3. The van der Waals surface area contributed by atoms with Crippen LogP contribution in [0.25, 0.3) is 11.3 Å². The van der Waals surface area contributed by atoms with Crippen LogP contribution < -0.4 is 5.32 Å². The molecule has 0 saturated heterocycles. The van der Waals surface area contributed by atoms with Crippen LogP contribution in [0.1, 0.15) is 26.2 Å². The van der Waals surface area contributed by atoms with Crippen LogP contribution in [0.4, 0.5) is 0 Å². The van der Waals surface area contributed by atoms with Crippen LogP contribution in [0.3, 0.4) is 0 Å². The summed E-state index contributed by atoms with van der Waals surface area (Å²) >= 11 is 9.62. The second-order valence-electron chi connectivity index (χ2n) is 4.95. The molecule has 0 bridgehead atoms. The highest BCUT2D eigenvalue weighted by Crippen LogP contribution is 2.31. The number of oxazole rings is 1. The third kappa shape index (κ3) is 4.33. The first-order valence-corrected chi connectivity index (χ1v) is 7.87. The van der Waals surface area contributed by atoms with Crippen molar-refractivity contribution in [3.63, 3.8) is 0 Å². The fourth-order valence-electron chi connectivity index (χ4n) is 1.87. The second kappa shape index (κ2) is 7.25. The second-order valence-corrected chi connectivity index (χ2v) is 6.28. The largest absolute Gasteiger partial charge is 0.441 e. The van der Waals surface area contributed by atoms with Gasteiger partial charge in [-0.3, -0.25) is 0 Å². The van der Waals surface area contributed by atoms with Crippen molar-refractivity contribution in [2.24, 2.45) is 0 Å². The van der Waals surface area contributed by atoms with Crippen LogP contribution in [0.15, 0.2) is 33.3 Å². The van der Waals surface area contributed by atoms with E-state index in [1.807, 2.05) is 18.2 Å². The average Bonchev–Trinajstić information content (AvgIpc) is 2.86. The lowest BCUT2D eigenvalue weighted by Crippen LogP contribution is -2.23. The van der Waals surface area contributed by atoms with Gasteiger partial charge in [0.15, 0.2) is 11.7 Å². The Morgan fingerprint density at radius 1 is 1.40 bits per heavy atom. The maximum atomic E-state index is 6.18. The van der Waals surface area contributed by atoms with Crippen molar-refractivity contribution in [2.45, 2.75) is 32.7 Å². The summed E-state index contributed by atoms with van der Waals surface area (Å²) in [5.74, 6) is 1.46. The van der Waals surface area contributed by atoms with Gasteiger partial charge < -0.3 is 9.73 Å². The molecule has 20 heavy (non-hydrogen) atoms. The first-order valence-electron chi connectivity index (χ1n) is 6.70. The lowest BCUT2D eigenvalue weighted by molar-refractivity contribution is 0.484. The van der Waals surface area contributed by atoms with Crippen LogP contribution in [-0.2, 0) is 6.42 Å². The molecule has 1 aromatic heterocycles. The molecule has 1 N–H and O–H groups in total. The molecule has 108 valence electrons. The van der Waals surface area contributed by atoms with Crippen molar-refractivity contribution in [2.75, 3.05) is 6.54 Å². The summed E-state index contributed by atoms with van der Waals surface area (Å²) < 4.78 is 6.74. The number of hydrogen-bond donors (Lipinski definition) is 1. The van der Waals surface area contributed by atoms with E-state index in [0.29, 0.717) is 16.8 Å². The van der Waals surface area contributed by atoms with E-state index < -0.39 is 0 Å².